The molecule has 108 valence electrons. The van der Waals surface area contributed by atoms with Crippen LogP contribution in [-0.2, 0) is 0 Å². The van der Waals surface area contributed by atoms with Crippen molar-refractivity contribution >= 4 is 12.0 Å². The lowest BCUT2D eigenvalue weighted by molar-refractivity contribution is 0.414. The first-order chi connectivity index (χ1) is 10.1. The second kappa shape index (κ2) is 5.20. The molecule has 4 nitrogen and oxygen atoms in total. The molecular weight excluding hydrogens is 262 g/mol. The van der Waals surface area contributed by atoms with E-state index in [0.29, 0.717) is 5.95 Å². The molecule has 3 rings (SSSR count). The summed E-state index contributed by atoms with van der Waals surface area (Å²) in [5, 5.41) is 0. The highest BCUT2D eigenvalue weighted by Crippen LogP contribution is 2.39. The van der Waals surface area contributed by atoms with Gasteiger partial charge in [0, 0.05) is 17.2 Å². The minimum Gasteiger partial charge on any atom is -0.497 e. The van der Waals surface area contributed by atoms with Crippen LogP contribution in [0.25, 0.3) is 6.08 Å². The number of anilines is 1. The van der Waals surface area contributed by atoms with E-state index in [1.165, 1.54) is 16.7 Å². The van der Waals surface area contributed by atoms with Crippen molar-refractivity contribution in [1.82, 2.24) is 9.97 Å². The summed E-state index contributed by atoms with van der Waals surface area (Å²) in [6, 6.07) is 8.22. The van der Waals surface area contributed by atoms with Gasteiger partial charge in [0.15, 0.2) is 0 Å². The van der Waals surface area contributed by atoms with Crippen molar-refractivity contribution in [1.29, 1.82) is 0 Å². The fourth-order valence-corrected chi connectivity index (χ4v) is 3.00. The maximum absolute atomic E-state index is 5.78. The van der Waals surface area contributed by atoms with Crippen molar-refractivity contribution in [2.24, 2.45) is 0 Å². The van der Waals surface area contributed by atoms with E-state index in [1.54, 1.807) is 7.11 Å². The number of hydrogen-bond acceptors (Lipinski definition) is 4. The predicted octanol–water partition coefficient (Wildman–Crippen LogP) is 3.31. The summed E-state index contributed by atoms with van der Waals surface area (Å²) in [5.41, 5.74) is 11.4. The molecular formula is C17H19N3O. The Morgan fingerprint density at radius 3 is 2.52 bits per heavy atom. The van der Waals surface area contributed by atoms with E-state index in [0.717, 1.165) is 23.6 Å². The van der Waals surface area contributed by atoms with Crippen LogP contribution in [0.1, 0.15) is 41.8 Å². The molecule has 0 bridgehead atoms. The molecule has 4 heteroatoms. The Hall–Kier alpha value is -2.36. The van der Waals surface area contributed by atoms with Gasteiger partial charge < -0.3 is 10.5 Å². The Morgan fingerprint density at radius 2 is 1.86 bits per heavy atom. The molecule has 0 saturated heterocycles. The summed E-state index contributed by atoms with van der Waals surface area (Å²) in [6.45, 7) is 4.13. The third-order valence-corrected chi connectivity index (χ3v) is 3.96. The molecule has 0 fully saturated rings. The lowest BCUT2D eigenvalue weighted by Gasteiger charge is -2.26. The molecule has 1 aliphatic rings. The smallest absolute Gasteiger partial charge is 0.220 e. The first kappa shape index (κ1) is 13.6. The molecule has 0 spiro atoms. The van der Waals surface area contributed by atoms with Crippen LogP contribution in [0.3, 0.4) is 0 Å². The standard InChI is InChI=1S/C17H19N3O/c1-10-8-14(12-4-6-13(21-3)7-5-12)16-11(2)19-17(18)20-15(16)9-10/h4-7,9,14H,8H2,1-3H3,(H2,18,19,20). The molecule has 0 aliphatic heterocycles. The van der Waals surface area contributed by atoms with E-state index in [2.05, 4.69) is 35.1 Å². The van der Waals surface area contributed by atoms with Crippen molar-refractivity contribution in [3.05, 3.63) is 52.4 Å². The molecule has 1 atom stereocenters. The largest absolute Gasteiger partial charge is 0.497 e. The molecule has 1 unspecified atom stereocenters. The van der Waals surface area contributed by atoms with Crippen molar-refractivity contribution in [2.45, 2.75) is 26.2 Å². The average Bonchev–Trinajstić information content (AvgIpc) is 2.45. The Morgan fingerprint density at radius 1 is 1.14 bits per heavy atom. The van der Waals surface area contributed by atoms with Crippen molar-refractivity contribution < 1.29 is 4.74 Å². The van der Waals surface area contributed by atoms with E-state index in [4.69, 9.17) is 10.5 Å². The topological polar surface area (TPSA) is 61.0 Å². The number of allylic oxidation sites excluding steroid dienone is 1. The van der Waals surface area contributed by atoms with Crippen LogP contribution in [0.15, 0.2) is 29.8 Å². The average molecular weight is 281 g/mol. The Labute approximate surface area is 124 Å². The number of nitrogens with zero attached hydrogens (tertiary/aromatic N) is 2. The molecule has 1 aliphatic carbocycles. The van der Waals surface area contributed by atoms with Gasteiger partial charge in [-0.2, -0.15) is 0 Å². The maximum atomic E-state index is 5.78. The number of hydrogen-bond donors (Lipinski definition) is 1. The van der Waals surface area contributed by atoms with Crippen LogP contribution in [0.5, 0.6) is 5.75 Å². The second-order valence-electron chi connectivity index (χ2n) is 5.49. The monoisotopic (exact) mass is 281 g/mol. The number of nitrogens with two attached hydrogens (primary N) is 1. The van der Waals surface area contributed by atoms with Gasteiger partial charge in [0.05, 0.1) is 12.8 Å². The summed E-state index contributed by atoms with van der Waals surface area (Å²) in [5.74, 6) is 1.48. The number of nitrogen functional groups attached to an aromatic ring is 1. The highest BCUT2D eigenvalue weighted by molar-refractivity contribution is 5.61. The summed E-state index contributed by atoms with van der Waals surface area (Å²) in [4.78, 5) is 8.73. The van der Waals surface area contributed by atoms with Gasteiger partial charge in [0.2, 0.25) is 5.95 Å². The van der Waals surface area contributed by atoms with Gasteiger partial charge in [-0.05, 0) is 44.0 Å². The fraction of sp³-hybridized carbons (Fsp3) is 0.294. The van der Waals surface area contributed by atoms with Crippen LogP contribution in [-0.4, -0.2) is 17.1 Å². The summed E-state index contributed by atoms with van der Waals surface area (Å²) >= 11 is 0. The predicted molar refractivity (Wildman–Crippen MR) is 84.3 cm³/mol. The van der Waals surface area contributed by atoms with E-state index in [9.17, 15) is 0 Å². The van der Waals surface area contributed by atoms with Crippen molar-refractivity contribution in [3.8, 4) is 5.75 Å². The first-order valence-electron chi connectivity index (χ1n) is 7.03. The number of benzene rings is 1. The van der Waals surface area contributed by atoms with Crippen LogP contribution in [0, 0.1) is 6.92 Å². The number of aryl methyl sites for hydroxylation is 1. The summed E-state index contributed by atoms with van der Waals surface area (Å²) < 4.78 is 5.23. The third kappa shape index (κ3) is 2.49. The maximum Gasteiger partial charge on any atom is 0.220 e. The molecule has 0 amide bonds. The van der Waals surface area contributed by atoms with Gasteiger partial charge in [-0.3, -0.25) is 0 Å². The van der Waals surface area contributed by atoms with E-state index in [1.807, 2.05) is 19.1 Å². The van der Waals surface area contributed by atoms with Crippen LogP contribution in [0.4, 0.5) is 5.95 Å². The van der Waals surface area contributed by atoms with Crippen LogP contribution in [0.2, 0.25) is 0 Å². The zero-order chi connectivity index (χ0) is 15.0. The molecule has 1 aromatic carbocycles. The number of aromatic nitrogens is 2. The minimum atomic E-state index is 0.275. The van der Waals surface area contributed by atoms with E-state index < -0.39 is 0 Å². The zero-order valence-electron chi connectivity index (χ0n) is 12.6. The lowest BCUT2D eigenvalue weighted by atomic mass is 9.80. The molecule has 2 N–H and O–H groups in total. The third-order valence-electron chi connectivity index (χ3n) is 3.96. The van der Waals surface area contributed by atoms with Crippen molar-refractivity contribution in [3.63, 3.8) is 0 Å². The Kier molecular flexibility index (Phi) is 3.37. The lowest BCUT2D eigenvalue weighted by Crippen LogP contribution is -2.14. The number of fused-ring (bicyclic) bond motifs is 1. The molecule has 0 radical (unpaired) electrons. The van der Waals surface area contributed by atoms with Crippen LogP contribution < -0.4 is 10.5 Å². The number of methoxy groups -OCH3 is 1. The first-order valence-corrected chi connectivity index (χ1v) is 7.03. The summed E-state index contributed by atoms with van der Waals surface area (Å²) in [6.07, 6.45) is 3.09. The van der Waals surface area contributed by atoms with Gasteiger partial charge in [0.1, 0.15) is 5.75 Å². The van der Waals surface area contributed by atoms with Gasteiger partial charge in [-0.1, -0.05) is 17.7 Å². The zero-order valence-corrected chi connectivity index (χ0v) is 12.6. The summed E-state index contributed by atoms with van der Waals surface area (Å²) in [7, 11) is 1.68. The highest BCUT2D eigenvalue weighted by atomic mass is 16.5. The van der Waals surface area contributed by atoms with Crippen LogP contribution >= 0.6 is 0 Å². The quantitative estimate of drug-likeness (QED) is 0.917. The fourth-order valence-electron chi connectivity index (χ4n) is 3.00. The minimum absolute atomic E-state index is 0.275. The molecule has 21 heavy (non-hydrogen) atoms. The second-order valence-corrected chi connectivity index (χ2v) is 5.49. The van der Waals surface area contributed by atoms with Gasteiger partial charge in [0.25, 0.3) is 0 Å². The Balaban J connectivity index is 2.11. The van der Waals surface area contributed by atoms with Gasteiger partial charge >= 0.3 is 0 Å². The molecule has 1 aromatic heterocycles. The molecule has 0 saturated carbocycles. The molecule has 1 heterocycles. The van der Waals surface area contributed by atoms with E-state index >= 15 is 0 Å². The number of rotatable bonds is 2. The van der Waals surface area contributed by atoms with Gasteiger partial charge in [-0.25, -0.2) is 9.97 Å². The van der Waals surface area contributed by atoms with Crippen molar-refractivity contribution in [2.75, 3.05) is 12.8 Å². The van der Waals surface area contributed by atoms with Gasteiger partial charge in [-0.15, -0.1) is 0 Å². The number of ether oxygens (including phenoxy) is 1. The highest BCUT2D eigenvalue weighted by Gasteiger charge is 2.25. The Bertz CT molecular complexity index is 705. The normalized spacial score (nSPS) is 17.1. The SMILES string of the molecule is COc1ccc(C2CC(C)=Cc3nc(N)nc(C)c32)cc1. The molecule has 2 aromatic rings. The van der Waals surface area contributed by atoms with E-state index in [-0.39, 0.29) is 5.92 Å².